The lowest BCUT2D eigenvalue weighted by Crippen LogP contribution is -2.50. The van der Waals surface area contributed by atoms with E-state index in [4.69, 9.17) is 0 Å². The average molecular weight is 266 g/mol. The Labute approximate surface area is 115 Å². The van der Waals surface area contributed by atoms with Gasteiger partial charge in [0.2, 0.25) is 11.8 Å². The van der Waals surface area contributed by atoms with Gasteiger partial charge in [0, 0.05) is 11.6 Å². The van der Waals surface area contributed by atoms with Gasteiger partial charge in [-0.15, -0.1) is 0 Å². The van der Waals surface area contributed by atoms with Gasteiger partial charge in [-0.05, 0) is 32.6 Å². The molecule has 0 bridgehead atoms. The summed E-state index contributed by atoms with van der Waals surface area (Å²) >= 11 is 0. The number of rotatable bonds is 5. The Kier molecular flexibility index (Phi) is 4.29. The minimum atomic E-state index is -0.295. The molecule has 19 heavy (non-hydrogen) atoms. The largest absolute Gasteiger partial charge is 0.300 e. The van der Waals surface area contributed by atoms with Crippen LogP contribution in [0.5, 0.6) is 0 Å². The first-order valence-corrected chi connectivity index (χ1v) is 7.64. The van der Waals surface area contributed by atoms with Crippen molar-refractivity contribution in [1.82, 2.24) is 10.2 Å². The molecule has 1 N–H and O–H groups in total. The summed E-state index contributed by atoms with van der Waals surface area (Å²) < 4.78 is 0. The van der Waals surface area contributed by atoms with Crippen molar-refractivity contribution in [1.29, 1.82) is 0 Å². The molecule has 2 rings (SSSR count). The molecule has 2 amide bonds. The minimum Gasteiger partial charge on any atom is -0.300 e. The zero-order valence-electron chi connectivity index (χ0n) is 12.4. The van der Waals surface area contributed by atoms with E-state index in [0.29, 0.717) is 6.42 Å². The highest BCUT2D eigenvalue weighted by Gasteiger charge is 2.44. The van der Waals surface area contributed by atoms with E-state index >= 15 is 0 Å². The van der Waals surface area contributed by atoms with E-state index in [-0.39, 0.29) is 29.4 Å². The van der Waals surface area contributed by atoms with Crippen LogP contribution in [-0.4, -0.2) is 34.3 Å². The Hall–Kier alpha value is -0.900. The molecule has 1 saturated carbocycles. The molecule has 2 aliphatic rings. The molecule has 1 unspecified atom stereocenters. The van der Waals surface area contributed by atoms with Gasteiger partial charge in [-0.3, -0.25) is 14.5 Å². The number of hydrogen-bond donors (Lipinski definition) is 1. The van der Waals surface area contributed by atoms with Crippen LogP contribution in [0.3, 0.4) is 0 Å². The molecule has 0 aromatic carbocycles. The lowest BCUT2D eigenvalue weighted by molar-refractivity contribution is -0.141. The molecule has 0 spiro atoms. The van der Waals surface area contributed by atoms with Crippen LogP contribution in [0.1, 0.15) is 65.7 Å². The summed E-state index contributed by atoms with van der Waals surface area (Å²) in [6.45, 7) is 6.25. The van der Waals surface area contributed by atoms with Crippen molar-refractivity contribution < 1.29 is 9.59 Å². The average Bonchev–Trinajstić information content (AvgIpc) is 2.90. The third kappa shape index (κ3) is 2.83. The maximum atomic E-state index is 12.4. The first kappa shape index (κ1) is 14.5. The quantitative estimate of drug-likeness (QED) is 0.776. The first-order chi connectivity index (χ1) is 9.00. The molecule has 1 heterocycles. The summed E-state index contributed by atoms with van der Waals surface area (Å²) in [7, 11) is 0. The van der Waals surface area contributed by atoms with Crippen LogP contribution in [0.25, 0.3) is 0 Å². The third-order valence-corrected chi connectivity index (χ3v) is 4.72. The van der Waals surface area contributed by atoms with Crippen molar-refractivity contribution in [3.63, 3.8) is 0 Å². The molecule has 1 atom stereocenters. The zero-order chi connectivity index (χ0) is 14.0. The van der Waals surface area contributed by atoms with Crippen molar-refractivity contribution in [3.8, 4) is 0 Å². The number of nitrogens with zero attached hydrogens (tertiary/aromatic N) is 1. The molecule has 0 aromatic heterocycles. The number of carbonyl (C=O) groups is 2. The predicted molar refractivity (Wildman–Crippen MR) is 74.6 cm³/mol. The van der Waals surface area contributed by atoms with Crippen molar-refractivity contribution in [2.24, 2.45) is 0 Å². The van der Waals surface area contributed by atoms with Crippen LogP contribution >= 0.6 is 0 Å². The monoisotopic (exact) mass is 266 g/mol. The number of likely N-dealkylation sites (tertiary alicyclic amines) is 1. The summed E-state index contributed by atoms with van der Waals surface area (Å²) in [6.07, 6.45) is 6.68. The van der Waals surface area contributed by atoms with Crippen LogP contribution in [0, 0.1) is 0 Å². The standard InChI is InChI=1S/C15H26N2O2/c1-4-11(5-2)17-13(18)10-12(14(17)19)16-15(3)8-6-7-9-15/h11-12,16H,4-10H2,1-3H3. The molecule has 2 fully saturated rings. The Morgan fingerprint density at radius 2 is 1.84 bits per heavy atom. The Balaban J connectivity index is 2.05. The molecular weight excluding hydrogens is 240 g/mol. The van der Waals surface area contributed by atoms with Crippen molar-refractivity contribution in [3.05, 3.63) is 0 Å². The van der Waals surface area contributed by atoms with Crippen molar-refractivity contribution >= 4 is 11.8 Å². The molecule has 1 saturated heterocycles. The fourth-order valence-electron chi connectivity index (χ4n) is 3.52. The fraction of sp³-hybridized carbons (Fsp3) is 0.867. The summed E-state index contributed by atoms with van der Waals surface area (Å²) in [5.74, 6) is -0.00961. The van der Waals surface area contributed by atoms with Gasteiger partial charge in [0.25, 0.3) is 0 Å². The topological polar surface area (TPSA) is 49.4 Å². The number of carbonyl (C=O) groups excluding carboxylic acids is 2. The highest BCUT2D eigenvalue weighted by molar-refractivity contribution is 6.05. The SMILES string of the molecule is CCC(CC)N1C(=O)CC(NC2(C)CCCC2)C1=O. The van der Waals surface area contributed by atoms with Gasteiger partial charge in [0.15, 0.2) is 0 Å². The van der Waals surface area contributed by atoms with Crippen molar-refractivity contribution in [2.45, 2.75) is 83.3 Å². The molecule has 4 nitrogen and oxygen atoms in total. The van der Waals surface area contributed by atoms with Crippen LogP contribution in [0.4, 0.5) is 0 Å². The second kappa shape index (κ2) is 5.61. The van der Waals surface area contributed by atoms with E-state index in [0.717, 1.165) is 25.7 Å². The van der Waals surface area contributed by atoms with Gasteiger partial charge < -0.3 is 5.32 Å². The number of hydrogen-bond acceptors (Lipinski definition) is 3. The van der Waals surface area contributed by atoms with Gasteiger partial charge in [0.05, 0.1) is 12.5 Å². The zero-order valence-corrected chi connectivity index (χ0v) is 12.4. The molecule has 1 aliphatic heterocycles. The van der Waals surface area contributed by atoms with E-state index < -0.39 is 0 Å². The summed E-state index contributed by atoms with van der Waals surface area (Å²) in [5.41, 5.74) is 0.0462. The number of amides is 2. The molecule has 4 heteroatoms. The molecule has 1 aliphatic carbocycles. The first-order valence-electron chi connectivity index (χ1n) is 7.64. The number of nitrogens with one attached hydrogen (secondary N) is 1. The van der Waals surface area contributed by atoms with Crippen molar-refractivity contribution in [2.75, 3.05) is 0 Å². The summed E-state index contributed by atoms with van der Waals surface area (Å²) in [4.78, 5) is 26.1. The van der Waals surface area contributed by atoms with E-state index in [1.54, 1.807) is 0 Å². The highest BCUT2D eigenvalue weighted by Crippen LogP contribution is 2.31. The Morgan fingerprint density at radius 1 is 1.26 bits per heavy atom. The summed E-state index contributed by atoms with van der Waals surface area (Å²) in [5, 5.41) is 3.46. The smallest absolute Gasteiger partial charge is 0.247 e. The van der Waals surface area contributed by atoms with E-state index in [1.165, 1.54) is 17.7 Å². The summed E-state index contributed by atoms with van der Waals surface area (Å²) in [6, 6.07) is -0.223. The van der Waals surface area contributed by atoms with Crippen LogP contribution < -0.4 is 5.32 Å². The highest BCUT2D eigenvalue weighted by atomic mass is 16.2. The van der Waals surface area contributed by atoms with Gasteiger partial charge in [-0.1, -0.05) is 26.7 Å². The van der Waals surface area contributed by atoms with Gasteiger partial charge in [-0.2, -0.15) is 0 Å². The molecular formula is C15H26N2O2. The molecule has 0 aromatic rings. The lowest BCUT2D eigenvalue weighted by Gasteiger charge is -2.29. The predicted octanol–water partition coefficient (Wildman–Crippen LogP) is 2.22. The van der Waals surface area contributed by atoms with E-state index in [9.17, 15) is 9.59 Å². The van der Waals surface area contributed by atoms with Gasteiger partial charge >= 0.3 is 0 Å². The maximum Gasteiger partial charge on any atom is 0.247 e. The van der Waals surface area contributed by atoms with E-state index in [2.05, 4.69) is 12.2 Å². The number of imide groups is 1. The Bertz CT molecular complexity index is 357. The fourth-order valence-corrected chi connectivity index (χ4v) is 3.52. The maximum absolute atomic E-state index is 12.4. The van der Waals surface area contributed by atoms with Crippen LogP contribution in [-0.2, 0) is 9.59 Å². The lowest BCUT2D eigenvalue weighted by atomic mass is 9.99. The van der Waals surface area contributed by atoms with Gasteiger partial charge in [0.1, 0.15) is 0 Å². The normalized spacial score (nSPS) is 26.7. The van der Waals surface area contributed by atoms with Crippen LogP contribution in [0.2, 0.25) is 0 Å². The second-order valence-corrected chi connectivity index (χ2v) is 6.24. The molecule has 0 radical (unpaired) electrons. The second-order valence-electron chi connectivity index (χ2n) is 6.24. The van der Waals surface area contributed by atoms with Crippen LogP contribution in [0.15, 0.2) is 0 Å². The Morgan fingerprint density at radius 3 is 2.37 bits per heavy atom. The third-order valence-electron chi connectivity index (χ3n) is 4.72. The van der Waals surface area contributed by atoms with E-state index in [1.807, 2.05) is 13.8 Å². The minimum absolute atomic E-state index is 0.00204. The molecule has 108 valence electrons. The van der Waals surface area contributed by atoms with Gasteiger partial charge in [-0.25, -0.2) is 0 Å².